The summed E-state index contributed by atoms with van der Waals surface area (Å²) in [5.41, 5.74) is 19.3. The molecular formula is C128H84O3. The van der Waals surface area contributed by atoms with Gasteiger partial charge >= 0.3 is 0 Å². The highest BCUT2D eigenvalue weighted by atomic mass is 16.3. The zero-order chi connectivity index (χ0) is 108. The Kier molecular flexibility index (Phi) is 12.5. The van der Waals surface area contributed by atoms with Crippen LogP contribution < -0.4 is 0 Å². The third kappa shape index (κ3) is 11.6. The van der Waals surface area contributed by atoms with Crippen LogP contribution in [0.5, 0.6) is 0 Å². The first kappa shape index (κ1) is 55.2. The molecule has 3 heterocycles. The summed E-state index contributed by atoms with van der Waals surface area (Å²) in [6.07, 6.45) is 0. The predicted molar refractivity (Wildman–Crippen MR) is 554 cm³/mol. The van der Waals surface area contributed by atoms with E-state index in [1.54, 1.807) is 18.2 Å². The van der Waals surface area contributed by atoms with E-state index in [0.29, 0.717) is 116 Å². The number of hydrogen-bond donors (Lipinski definition) is 0. The van der Waals surface area contributed by atoms with Crippen molar-refractivity contribution in [1.29, 1.82) is 0 Å². The van der Waals surface area contributed by atoms with Gasteiger partial charge in [-0.25, -0.2) is 0 Å². The van der Waals surface area contributed by atoms with Gasteiger partial charge in [0, 0.05) is 43.1 Å². The lowest BCUT2D eigenvalue weighted by Gasteiger charge is -2.23. The molecule has 3 nitrogen and oxygen atoms in total. The van der Waals surface area contributed by atoms with Crippen LogP contribution in [0.3, 0.4) is 0 Å². The minimum Gasteiger partial charge on any atom is -0.456 e. The minimum absolute atomic E-state index is 0.161. The molecule has 0 aliphatic heterocycles. The summed E-state index contributed by atoms with van der Waals surface area (Å²) in [6, 6.07) is 84.7. The molecule has 0 bridgehead atoms. The van der Waals surface area contributed by atoms with Crippen molar-refractivity contribution in [3.05, 3.63) is 458 Å². The number of fused-ring (bicyclic) bond motifs is 24. The average Bonchev–Trinajstić information content (AvgIpc) is 0.830. The van der Waals surface area contributed by atoms with Gasteiger partial charge in [-0.2, -0.15) is 0 Å². The molecule has 0 fully saturated rings. The van der Waals surface area contributed by atoms with Crippen LogP contribution in [0.15, 0.2) is 449 Å². The van der Waals surface area contributed by atoms with Crippen molar-refractivity contribution in [2.75, 3.05) is 0 Å². The van der Waals surface area contributed by atoms with Crippen LogP contribution in [-0.2, 0) is 10.8 Å². The Hall–Kier alpha value is -16.5. The van der Waals surface area contributed by atoms with Crippen LogP contribution in [0.4, 0.5) is 0 Å². The maximum absolute atomic E-state index is 9.44. The maximum Gasteiger partial charge on any atom is 0.136 e. The van der Waals surface area contributed by atoms with Gasteiger partial charge in [-0.1, -0.05) is 409 Å². The smallest absolute Gasteiger partial charge is 0.136 e. The first-order chi connectivity index (χ1) is 74.5. The molecule has 614 valence electrons. The van der Waals surface area contributed by atoms with E-state index in [4.69, 9.17) is 29.7 Å². The van der Waals surface area contributed by atoms with Crippen molar-refractivity contribution >= 4 is 152 Å². The van der Waals surface area contributed by atoms with Crippen molar-refractivity contribution in [2.45, 2.75) is 38.5 Å². The second kappa shape index (κ2) is 29.6. The number of rotatable bonds is 7. The lowest BCUT2D eigenvalue weighted by atomic mass is 9.80. The molecule has 0 radical (unpaired) electrons. The fraction of sp³-hybridized carbons (Fsp3) is 0.0469. The van der Waals surface area contributed by atoms with Crippen molar-refractivity contribution in [1.82, 2.24) is 0 Å². The normalized spacial score (nSPS) is 15.6. The van der Waals surface area contributed by atoms with Crippen molar-refractivity contribution in [3.63, 3.8) is 0 Å². The van der Waals surface area contributed by atoms with E-state index in [-0.39, 0.29) is 148 Å². The van der Waals surface area contributed by atoms with Crippen molar-refractivity contribution in [3.8, 4) is 100 Å². The number of para-hydroxylation sites is 3. The van der Waals surface area contributed by atoms with Gasteiger partial charge in [-0.15, -0.1) is 0 Å². The summed E-state index contributed by atoms with van der Waals surface area (Å²) in [5, 5.41) is 10.3. The highest BCUT2D eigenvalue weighted by Gasteiger charge is 2.38. The van der Waals surface area contributed by atoms with Crippen LogP contribution in [0.1, 0.15) is 82.8 Å². The molecule has 28 rings (SSSR count). The summed E-state index contributed by atoms with van der Waals surface area (Å²) in [6.45, 7) is 8.76. The predicted octanol–water partition coefficient (Wildman–Crippen LogP) is 36.3. The van der Waals surface area contributed by atoms with Crippen LogP contribution in [-0.4, -0.2) is 0 Å². The van der Waals surface area contributed by atoms with Gasteiger partial charge in [0.2, 0.25) is 0 Å². The van der Waals surface area contributed by atoms with Gasteiger partial charge in [-0.05, 0) is 263 Å². The first-order valence-electron chi connectivity index (χ1n) is 55.6. The fourth-order valence-corrected chi connectivity index (χ4v) is 21.4. The second-order valence-electron chi connectivity index (χ2n) is 34.7. The molecule has 2 aliphatic rings. The Bertz CT molecular complexity index is 10700. The molecule has 2 aliphatic carbocycles. The highest BCUT2D eigenvalue weighted by molar-refractivity contribution is 6.31. The monoisotopic (exact) mass is 1690 g/mol. The van der Waals surface area contributed by atoms with Gasteiger partial charge < -0.3 is 13.3 Å². The van der Waals surface area contributed by atoms with Crippen LogP contribution in [0, 0.1) is 0 Å². The summed E-state index contributed by atoms with van der Waals surface area (Å²) in [5.74, 6) is 0. The molecule has 26 aromatic rings. The SMILES string of the molecule is [2H]c1c([2H])c([2H])c2c(-c3cccc4oc5ccccc5c34)c3c([2H])c([2H])c([2H])c([2H])c3c(-c3ccc4c(c3)C(C)(C)c3ccccc3-4)c2c1[2H].[2H]c1c([2H])c([2H])c2c(-c3cccc4oc5ccccc5c34)c3c([2H])c([2H])c([2H])c([2H])c3c(-c3cccc(-c4ccc5c(c4)-c4ccccc4C5(C)C)c3)c2c1[2H].[2H]c1c([2H])c([2H])c2c(-c3cccc4oc5ccccc5c34)c3c([2H])c([2H])c([2H])c([2H])c3c(-c3cccc4c3ccc3ccccc34)c2c1[2H]. The molecule has 0 unspecified atom stereocenters. The standard InChI is InChI=1S/C47H32O.C41H28O.C40H24O/c1-47(2)40-22-9-7-15-32(40)39-28-30(25-26-41(39)47)29-13-11-14-31(27-29)44-33-16-3-5-18-35(33)45(36-19-6-4-17-34(36)44)38-21-12-24-43-46(38)37-20-8-10-23-42(37)48-43;1-41(2)34-19-9-7-12-26(34)27-23-22-25(24-35(27)41)38-28-13-3-5-15-30(28)39(31-16-6-4-14-29(31)38)33-18-11-21-37-40(33)32-17-8-10-20-36(32)42-37;1-2-12-26-25(11-1)23-24-28-27(26)18-9-19-29(28)38-30-13-3-5-15-32(30)39(33-16-6-4-14-31(33)38)35-20-10-22-37-40(35)34-17-7-8-21-36(34)41-37/h3-28H,1-2H3;3-24H,1-2H3;1-24H/i3D,4D,5D,6D,16D,17D,18D,19D;2*3D,4D,5D,6D,13D,14D,15D,16D. The Balaban J connectivity index is 0.000000116. The summed E-state index contributed by atoms with van der Waals surface area (Å²) in [7, 11) is 0. The molecule has 3 heteroatoms. The number of hydrogen-bond acceptors (Lipinski definition) is 3. The number of furan rings is 3. The molecule has 0 atom stereocenters. The maximum atomic E-state index is 9.44. The molecule has 131 heavy (non-hydrogen) atoms. The van der Waals surface area contributed by atoms with Gasteiger partial charge in [-0.3, -0.25) is 0 Å². The van der Waals surface area contributed by atoms with E-state index in [1.165, 1.54) is 22.3 Å². The van der Waals surface area contributed by atoms with Crippen LogP contribution in [0.2, 0.25) is 0 Å². The van der Waals surface area contributed by atoms with E-state index >= 15 is 0 Å². The number of benzene rings is 23. The Morgan fingerprint density at radius 1 is 0.176 bits per heavy atom. The van der Waals surface area contributed by atoms with Crippen molar-refractivity contribution < 1.29 is 46.1 Å². The zero-order valence-electron chi connectivity index (χ0n) is 94.9. The molecule has 23 aromatic carbocycles. The highest BCUT2D eigenvalue weighted by Crippen LogP contribution is 2.56. The van der Waals surface area contributed by atoms with Gasteiger partial charge in [0.25, 0.3) is 0 Å². The van der Waals surface area contributed by atoms with Gasteiger partial charge in [0.05, 0.1) is 32.9 Å². The van der Waals surface area contributed by atoms with E-state index in [9.17, 15) is 16.4 Å². The Labute approximate surface area is 791 Å². The fourth-order valence-electron chi connectivity index (χ4n) is 21.4. The first-order valence-corrected chi connectivity index (χ1v) is 43.6. The summed E-state index contributed by atoms with van der Waals surface area (Å²) < 4.78 is 237. The Morgan fingerprint density at radius 3 is 0.931 bits per heavy atom. The Morgan fingerprint density at radius 2 is 0.473 bits per heavy atom. The average molecular weight is 1690 g/mol. The lowest BCUT2D eigenvalue weighted by molar-refractivity contribution is 0.660. The molecule has 0 saturated carbocycles. The minimum atomic E-state index is -0.436. The largest absolute Gasteiger partial charge is 0.456 e. The topological polar surface area (TPSA) is 39.4 Å². The third-order valence-electron chi connectivity index (χ3n) is 27.1. The molecule has 0 spiro atoms. The second-order valence-corrected chi connectivity index (χ2v) is 34.7. The molecular weight excluding hydrogens is 1590 g/mol. The molecule has 0 saturated heterocycles. The summed E-state index contributed by atoms with van der Waals surface area (Å²) >= 11 is 0. The van der Waals surface area contributed by atoms with Crippen LogP contribution >= 0.6 is 0 Å². The van der Waals surface area contributed by atoms with Gasteiger partial charge in [0.15, 0.2) is 0 Å². The lowest BCUT2D eigenvalue weighted by Crippen LogP contribution is -2.14. The molecule has 0 N–H and O–H groups in total. The van der Waals surface area contributed by atoms with E-state index in [1.807, 2.05) is 218 Å². The zero-order valence-corrected chi connectivity index (χ0v) is 70.9. The van der Waals surface area contributed by atoms with E-state index in [0.717, 1.165) is 71.1 Å². The van der Waals surface area contributed by atoms with E-state index in [2.05, 4.69) is 82.3 Å². The van der Waals surface area contributed by atoms with E-state index < -0.39 is 72.5 Å². The summed E-state index contributed by atoms with van der Waals surface area (Å²) in [4.78, 5) is 0. The quantitative estimate of drug-likeness (QED) is 0.118. The van der Waals surface area contributed by atoms with Gasteiger partial charge in [0.1, 0.15) is 33.5 Å². The molecule has 0 amide bonds. The third-order valence-corrected chi connectivity index (χ3v) is 27.1. The molecule has 3 aromatic heterocycles. The van der Waals surface area contributed by atoms with Crippen LogP contribution in [0.25, 0.3) is 252 Å². The van der Waals surface area contributed by atoms with Crippen molar-refractivity contribution in [2.24, 2.45) is 0 Å².